The van der Waals surface area contributed by atoms with E-state index in [4.69, 9.17) is 17.3 Å². The summed E-state index contributed by atoms with van der Waals surface area (Å²) in [6, 6.07) is 7.11. The molecule has 80 valence electrons. The minimum Gasteiger partial charge on any atom is -0.386 e. The second-order valence-electron chi connectivity index (χ2n) is 3.03. The Morgan fingerprint density at radius 2 is 2.13 bits per heavy atom. The lowest BCUT2D eigenvalue weighted by Gasteiger charge is -2.03. The molecule has 0 amide bonds. The number of amidine groups is 1. The number of ketones is 1. The minimum atomic E-state index is 0.0525. The molecule has 0 bridgehead atoms. The first-order chi connectivity index (χ1) is 7.19. The summed E-state index contributed by atoms with van der Waals surface area (Å²) in [5.74, 6) is 0.527. The van der Waals surface area contributed by atoms with Gasteiger partial charge in [0.05, 0.1) is 11.6 Å². The number of hydrogen-bond donors (Lipinski definition) is 1. The highest BCUT2D eigenvalue weighted by molar-refractivity contribution is 6.28. The van der Waals surface area contributed by atoms with E-state index in [2.05, 4.69) is 4.99 Å². The Morgan fingerprint density at radius 1 is 1.47 bits per heavy atom. The molecule has 0 saturated heterocycles. The Kier molecular flexibility index (Phi) is 4.31. The van der Waals surface area contributed by atoms with Gasteiger partial charge in [0.1, 0.15) is 5.84 Å². The fourth-order valence-corrected chi connectivity index (χ4v) is 1.24. The fraction of sp³-hybridized carbons (Fsp3) is 0.273. The average molecular weight is 225 g/mol. The molecule has 0 aromatic heterocycles. The van der Waals surface area contributed by atoms with Crippen LogP contribution in [0.2, 0.25) is 0 Å². The van der Waals surface area contributed by atoms with E-state index in [9.17, 15) is 4.79 Å². The summed E-state index contributed by atoms with van der Waals surface area (Å²) < 4.78 is 0. The van der Waals surface area contributed by atoms with Crippen LogP contribution in [0.25, 0.3) is 0 Å². The third kappa shape index (κ3) is 3.06. The van der Waals surface area contributed by atoms with Crippen LogP contribution >= 0.6 is 11.6 Å². The first kappa shape index (κ1) is 11.7. The van der Waals surface area contributed by atoms with Crippen molar-refractivity contribution in [1.29, 1.82) is 0 Å². The topological polar surface area (TPSA) is 55.5 Å². The summed E-state index contributed by atoms with van der Waals surface area (Å²) in [4.78, 5) is 15.6. The Bertz CT molecular complexity index is 388. The second kappa shape index (κ2) is 5.51. The van der Waals surface area contributed by atoms with E-state index in [0.29, 0.717) is 23.5 Å². The lowest BCUT2D eigenvalue weighted by atomic mass is 10.1. The highest BCUT2D eigenvalue weighted by atomic mass is 35.5. The van der Waals surface area contributed by atoms with Crippen LogP contribution in [-0.4, -0.2) is 17.5 Å². The summed E-state index contributed by atoms with van der Waals surface area (Å²) in [7, 11) is 0. The normalized spacial score (nSPS) is 11.5. The average Bonchev–Trinajstić information content (AvgIpc) is 2.28. The lowest BCUT2D eigenvalue weighted by molar-refractivity contribution is 0.0989. The van der Waals surface area contributed by atoms with Crippen molar-refractivity contribution in [3.8, 4) is 0 Å². The molecule has 0 aliphatic heterocycles. The highest BCUT2D eigenvalue weighted by Gasteiger charge is 2.07. The number of halogens is 1. The van der Waals surface area contributed by atoms with Crippen molar-refractivity contribution >= 4 is 28.9 Å². The molecule has 0 unspecified atom stereocenters. The van der Waals surface area contributed by atoms with Gasteiger partial charge in [0.15, 0.2) is 5.78 Å². The quantitative estimate of drug-likeness (QED) is 0.370. The van der Waals surface area contributed by atoms with Crippen molar-refractivity contribution in [2.75, 3.05) is 5.88 Å². The summed E-state index contributed by atoms with van der Waals surface area (Å²) >= 11 is 5.53. The van der Waals surface area contributed by atoms with Gasteiger partial charge in [-0.05, 0) is 12.1 Å². The van der Waals surface area contributed by atoms with Gasteiger partial charge in [-0.25, -0.2) is 4.99 Å². The number of carbonyl (C=O) groups excluding carboxylic acids is 1. The maximum atomic E-state index is 11.6. The number of para-hydroxylation sites is 1. The van der Waals surface area contributed by atoms with Gasteiger partial charge in [0.25, 0.3) is 0 Å². The Hall–Kier alpha value is -1.35. The van der Waals surface area contributed by atoms with Crippen molar-refractivity contribution < 1.29 is 4.79 Å². The molecule has 0 atom stereocenters. The molecule has 15 heavy (non-hydrogen) atoms. The molecule has 2 N–H and O–H groups in total. The maximum Gasteiger partial charge on any atom is 0.164 e. The van der Waals surface area contributed by atoms with Gasteiger partial charge in [-0.3, -0.25) is 4.79 Å². The number of aliphatic imine (C=N–C) groups is 1. The Balaban J connectivity index is 3.12. The minimum absolute atomic E-state index is 0.0525. The second-order valence-corrected chi connectivity index (χ2v) is 3.30. The van der Waals surface area contributed by atoms with Crippen LogP contribution < -0.4 is 5.73 Å². The van der Waals surface area contributed by atoms with E-state index >= 15 is 0 Å². The lowest BCUT2D eigenvalue weighted by Crippen LogP contribution is -2.12. The molecule has 4 heteroatoms. The Labute approximate surface area is 94.0 Å². The number of hydrogen-bond acceptors (Lipinski definition) is 2. The molecule has 0 aliphatic carbocycles. The van der Waals surface area contributed by atoms with Gasteiger partial charge in [-0.15, -0.1) is 11.6 Å². The summed E-state index contributed by atoms with van der Waals surface area (Å²) in [6.07, 6.45) is 0.452. The number of alkyl halides is 1. The molecule has 1 rings (SSSR count). The van der Waals surface area contributed by atoms with Crippen LogP contribution in [-0.2, 0) is 0 Å². The summed E-state index contributed by atoms with van der Waals surface area (Å²) in [5.41, 5.74) is 6.70. The van der Waals surface area contributed by atoms with Gasteiger partial charge < -0.3 is 5.73 Å². The number of carbonyl (C=O) groups is 1. The monoisotopic (exact) mass is 224 g/mol. The number of benzene rings is 1. The molecule has 0 saturated carbocycles. The van der Waals surface area contributed by atoms with Crippen molar-refractivity contribution in [3.05, 3.63) is 29.8 Å². The SMILES string of the molecule is CCC(=O)c1ccccc1N=C(N)CCl. The zero-order chi connectivity index (χ0) is 11.3. The molecule has 0 heterocycles. The van der Waals surface area contributed by atoms with E-state index in [1.165, 1.54) is 0 Å². The molecule has 0 fully saturated rings. The van der Waals surface area contributed by atoms with E-state index < -0.39 is 0 Å². The van der Waals surface area contributed by atoms with Crippen molar-refractivity contribution in [3.63, 3.8) is 0 Å². The zero-order valence-electron chi connectivity index (χ0n) is 8.53. The van der Waals surface area contributed by atoms with Crippen LogP contribution in [0.5, 0.6) is 0 Å². The predicted molar refractivity (Wildman–Crippen MR) is 63.1 cm³/mol. The van der Waals surface area contributed by atoms with Gasteiger partial charge in [-0.2, -0.15) is 0 Å². The van der Waals surface area contributed by atoms with E-state index in [0.717, 1.165) is 0 Å². The largest absolute Gasteiger partial charge is 0.386 e. The number of nitrogens with zero attached hydrogens (tertiary/aromatic N) is 1. The molecule has 0 spiro atoms. The highest BCUT2D eigenvalue weighted by Crippen LogP contribution is 2.20. The smallest absolute Gasteiger partial charge is 0.164 e. The Morgan fingerprint density at radius 3 is 2.73 bits per heavy atom. The van der Waals surface area contributed by atoms with E-state index in [-0.39, 0.29) is 11.7 Å². The van der Waals surface area contributed by atoms with Gasteiger partial charge in [0.2, 0.25) is 0 Å². The van der Waals surface area contributed by atoms with Gasteiger partial charge >= 0.3 is 0 Å². The van der Waals surface area contributed by atoms with Gasteiger partial charge in [0, 0.05) is 12.0 Å². The van der Waals surface area contributed by atoms with Crippen molar-refractivity contribution in [2.24, 2.45) is 10.7 Å². The van der Waals surface area contributed by atoms with Crippen LogP contribution in [0.1, 0.15) is 23.7 Å². The molecular formula is C11H13ClN2O. The van der Waals surface area contributed by atoms with Crippen molar-refractivity contribution in [2.45, 2.75) is 13.3 Å². The molecule has 0 aliphatic rings. The molecule has 1 aromatic carbocycles. The van der Waals surface area contributed by atoms with E-state index in [1.54, 1.807) is 18.2 Å². The maximum absolute atomic E-state index is 11.6. The van der Waals surface area contributed by atoms with Crippen LogP contribution in [0.3, 0.4) is 0 Å². The molecule has 3 nitrogen and oxygen atoms in total. The first-order valence-electron chi connectivity index (χ1n) is 4.70. The van der Waals surface area contributed by atoms with Gasteiger partial charge in [-0.1, -0.05) is 19.1 Å². The fourth-order valence-electron chi connectivity index (χ4n) is 1.18. The third-order valence-corrected chi connectivity index (χ3v) is 2.20. The standard InChI is InChI=1S/C11H13ClN2O/c1-2-10(15)8-5-3-4-6-9(8)14-11(13)7-12/h3-6H,2,7H2,1H3,(H2,13,14). The summed E-state index contributed by atoms with van der Waals surface area (Å²) in [6.45, 7) is 1.81. The molecule has 0 radical (unpaired) electrons. The van der Waals surface area contributed by atoms with Crippen LogP contribution in [0, 0.1) is 0 Å². The predicted octanol–water partition coefficient (Wildman–Crippen LogP) is 2.51. The van der Waals surface area contributed by atoms with Crippen LogP contribution in [0.4, 0.5) is 5.69 Å². The number of rotatable bonds is 4. The summed E-state index contributed by atoms with van der Waals surface area (Å²) in [5, 5.41) is 0. The van der Waals surface area contributed by atoms with E-state index in [1.807, 2.05) is 13.0 Å². The van der Waals surface area contributed by atoms with Crippen LogP contribution in [0.15, 0.2) is 29.3 Å². The zero-order valence-corrected chi connectivity index (χ0v) is 9.29. The number of nitrogens with two attached hydrogens (primary N) is 1. The molecule has 1 aromatic rings. The third-order valence-electron chi connectivity index (χ3n) is 1.93. The number of Topliss-reactive ketones (excluding diaryl/α,β-unsaturated/α-hetero) is 1. The first-order valence-corrected chi connectivity index (χ1v) is 5.23. The van der Waals surface area contributed by atoms with Crippen molar-refractivity contribution in [1.82, 2.24) is 0 Å². The molecular weight excluding hydrogens is 212 g/mol.